The molecule has 3 aromatic rings. The number of aliphatic hydroxyl groups excluding tert-OH is 1. The van der Waals surface area contributed by atoms with E-state index in [-0.39, 0.29) is 6.61 Å². The highest BCUT2D eigenvalue weighted by Crippen LogP contribution is 2.27. The van der Waals surface area contributed by atoms with Crippen molar-refractivity contribution >= 4 is 11.3 Å². The molecule has 18 heavy (non-hydrogen) atoms. The molecule has 1 aromatic carbocycles. The summed E-state index contributed by atoms with van der Waals surface area (Å²) in [6.45, 7) is 0.0000664. The van der Waals surface area contributed by atoms with Gasteiger partial charge in [0.05, 0.1) is 17.2 Å². The van der Waals surface area contributed by atoms with Crippen LogP contribution in [0, 0.1) is 0 Å². The molecule has 0 atom stereocenters. The molecule has 0 bridgehead atoms. The van der Waals surface area contributed by atoms with Crippen LogP contribution in [-0.2, 0) is 6.61 Å². The zero-order valence-corrected chi connectivity index (χ0v) is 10.5. The lowest BCUT2D eigenvalue weighted by molar-refractivity contribution is 0.282. The van der Waals surface area contributed by atoms with E-state index < -0.39 is 0 Å². The lowest BCUT2D eigenvalue weighted by Gasteiger charge is -1.99. The summed E-state index contributed by atoms with van der Waals surface area (Å²) in [6, 6.07) is 13.9. The second-order valence-corrected chi connectivity index (χ2v) is 4.87. The smallest absolute Gasteiger partial charge is 0.108 e. The number of aliphatic hydroxyl groups is 1. The third-order valence-corrected chi connectivity index (χ3v) is 3.61. The minimum absolute atomic E-state index is 0.0000664. The molecule has 0 unspecified atom stereocenters. The van der Waals surface area contributed by atoms with Crippen molar-refractivity contribution in [3.05, 3.63) is 59.6 Å². The Morgan fingerprint density at radius 1 is 1.11 bits per heavy atom. The molecule has 0 radical (unpaired) electrons. The number of benzene rings is 1. The van der Waals surface area contributed by atoms with E-state index in [0.29, 0.717) is 0 Å². The summed E-state index contributed by atoms with van der Waals surface area (Å²) in [5, 5.41) is 16.0. The maximum atomic E-state index is 9.43. The largest absolute Gasteiger partial charge is 0.392 e. The van der Waals surface area contributed by atoms with Gasteiger partial charge in [0.25, 0.3) is 0 Å². The van der Waals surface area contributed by atoms with Crippen LogP contribution in [0.25, 0.3) is 16.3 Å². The molecule has 1 N–H and O–H groups in total. The maximum Gasteiger partial charge on any atom is 0.108 e. The molecular formula is C14H12N2OS. The van der Waals surface area contributed by atoms with E-state index in [1.807, 2.05) is 54.0 Å². The number of nitrogens with zero attached hydrogens (tertiary/aromatic N) is 2. The average Bonchev–Trinajstić information content (AvgIpc) is 3.08. The lowest BCUT2D eigenvalue weighted by atomic mass is 10.2. The number of para-hydroxylation sites is 1. The summed E-state index contributed by atoms with van der Waals surface area (Å²) < 4.78 is 1.81. The molecule has 0 spiro atoms. The first-order valence-electron chi connectivity index (χ1n) is 5.67. The van der Waals surface area contributed by atoms with Gasteiger partial charge in [0.15, 0.2) is 0 Å². The van der Waals surface area contributed by atoms with E-state index >= 15 is 0 Å². The first-order chi connectivity index (χ1) is 8.88. The van der Waals surface area contributed by atoms with Crippen molar-refractivity contribution < 1.29 is 5.11 Å². The zero-order chi connectivity index (χ0) is 12.4. The Hall–Kier alpha value is -1.91. The highest BCUT2D eigenvalue weighted by molar-refractivity contribution is 7.13. The number of hydrogen-bond acceptors (Lipinski definition) is 3. The minimum Gasteiger partial charge on any atom is -0.392 e. The van der Waals surface area contributed by atoms with Gasteiger partial charge < -0.3 is 5.11 Å². The van der Waals surface area contributed by atoms with Crippen LogP contribution in [0.15, 0.2) is 54.0 Å². The van der Waals surface area contributed by atoms with Gasteiger partial charge in [0, 0.05) is 11.8 Å². The van der Waals surface area contributed by atoms with Crippen LogP contribution in [0.1, 0.15) is 5.56 Å². The molecule has 0 aliphatic rings. The number of thiophene rings is 1. The SMILES string of the molecule is OCc1cn(-c2ccccc2)nc1-c1cccs1. The van der Waals surface area contributed by atoms with Gasteiger partial charge in [-0.15, -0.1) is 11.3 Å². The molecule has 4 heteroatoms. The first kappa shape index (κ1) is 11.2. The maximum absolute atomic E-state index is 9.43. The molecule has 0 aliphatic carbocycles. The molecule has 90 valence electrons. The monoisotopic (exact) mass is 256 g/mol. The van der Waals surface area contributed by atoms with Crippen molar-refractivity contribution in [1.82, 2.24) is 9.78 Å². The van der Waals surface area contributed by atoms with Gasteiger partial charge in [-0.2, -0.15) is 5.10 Å². The lowest BCUT2D eigenvalue weighted by Crippen LogP contribution is -1.93. The van der Waals surface area contributed by atoms with Crippen LogP contribution in [0.4, 0.5) is 0 Å². The predicted octanol–water partition coefficient (Wildman–Crippen LogP) is 3.09. The predicted molar refractivity (Wildman–Crippen MR) is 72.8 cm³/mol. The summed E-state index contributed by atoms with van der Waals surface area (Å²) >= 11 is 1.63. The van der Waals surface area contributed by atoms with Crippen molar-refractivity contribution in [2.75, 3.05) is 0 Å². The van der Waals surface area contributed by atoms with E-state index in [1.54, 1.807) is 16.0 Å². The molecule has 3 nitrogen and oxygen atoms in total. The third kappa shape index (κ3) is 1.96. The molecule has 0 amide bonds. The minimum atomic E-state index is 0.0000664. The van der Waals surface area contributed by atoms with Crippen molar-refractivity contribution in [2.45, 2.75) is 6.61 Å². The Balaban J connectivity index is 2.09. The van der Waals surface area contributed by atoms with E-state index in [0.717, 1.165) is 21.8 Å². The van der Waals surface area contributed by atoms with E-state index in [2.05, 4.69) is 5.10 Å². The molecular weight excluding hydrogens is 244 g/mol. The van der Waals surface area contributed by atoms with E-state index in [1.165, 1.54) is 0 Å². The fraction of sp³-hybridized carbons (Fsp3) is 0.0714. The highest BCUT2D eigenvalue weighted by Gasteiger charge is 2.11. The molecule has 0 saturated heterocycles. The van der Waals surface area contributed by atoms with Gasteiger partial charge in [-0.25, -0.2) is 4.68 Å². The highest BCUT2D eigenvalue weighted by atomic mass is 32.1. The Labute approximate surface area is 109 Å². The first-order valence-corrected chi connectivity index (χ1v) is 6.55. The Morgan fingerprint density at radius 3 is 2.61 bits per heavy atom. The van der Waals surface area contributed by atoms with Crippen LogP contribution < -0.4 is 0 Å². The van der Waals surface area contributed by atoms with Crippen molar-refractivity contribution in [3.63, 3.8) is 0 Å². The second kappa shape index (κ2) is 4.76. The Kier molecular flexibility index (Phi) is 2.96. The third-order valence-electron chi connectivity index (χ3n) is 2.74. The average molecular weight is 256 g/mol. The Morgan fingerprint density at radius 2 is 1.94 bits per heavy atom. The molecule has 0 fully saturated rings. The number of rotatable bonds is 3. The van der Waals surface area contributed by atoms with Gasteiger partial charge in [0.1, 0.15) is 5.69 Å². The van der Waals surface area contributed by atoms with Crippen molar-refractivity contribution in [1.29, 1.82) is 0 Å². The summed E-state index contributed by atoms with van der Waals surface area (Å²) in [4.78, 5) is 1.08. The Bertz CT molecular complexity index is 629. The normalized spacial score (nSPS) is 10.7. The van der Waals surface area contributed by atoms with Crippen LogP contribution in [0.2, 0.25) is 0 Å². The molecule has 0 aliphatic heterocycles. The topological polar surface area (TPSA) is 38.0 Å². The number of aromatic nitrogens is 2. The van der Waals surface area contributed by atoms with Crippen molar-refractivity contribution in [3.8, 4) is 16.3 Å². The number of hydrogen-bond donors (Lipinski definition) is 1. The molecule has 0 saturated carbocycles. The molecule has 2 heterocycles. The van der Waals surface area contributed by atoms with Crippen molar-refractivity contribution in [2.24, 2.45) is 0 Å². The van der Waals surface area contributed by atoms with Gasteiger partial charge >= 0.3 is 0 Å². The van der Waals surface area contributed by atoms with Gasteiger partial charge in [-0.05, 0) is 23.6 Å². The van der Waals surface area contributed by atoms with Crippen LogP contribution in [0.5, 0.6) is 0 Å². The van der Waals surface area contributed by atoms with E-state index in [4.69, 9.17) is 0 Å². The summed E-state index contributed by atoms with van der Waals surface area (Å²) in [7, 11) is 0. The van der Waals surface area contributed by atoms with Crippen LogP contribution >= 0.6 is 11.3 Å². The van der Waals surface area contributed by atoms with Gasteiger partial charge in [0.2, 0.25) is 0 Å². The molecule has 2 aromatic heterocycles. The van der Waals surface area contributed by atoms with Gasteiger partial charge in [-0.3, -0.25) is 0 Å². The summed E-state index contributed by atoms with van der Waals surface area (Å²) in [5.74, 6) is 0. The van der Waals surface area contributed by atoms with Gasteiger partial charge in [-0.1, -0.05) is 24.3 Å². The van der Waals surface area contributed by atoms with Crippen LogP contribution in [-0.4, -0.2) is 14.9 Å². The summed E-state index contributed by atoms with van der Waals surface area (Å²) in [6.07, 6.45) is 1.88. The standard InChI is InChI=1S/C14H12N2OS/c17-10-11-9-16(12-5-2-1-3-6-12)15-14(11)13-7-4-8-18-13/h1-9,17H,10H2. The zero-order valence-electron chi connectivity index (χ0n) is 9.65. The summed E-state index contributed by atoms with van der Waals surface area (Å²) in [5.41, 5.74) is 2.70. The molecule has 3 rings (SSSR count). The second-order valence-electron chi connectivity index (χ2n) is 3.92. The van der Waals surface area contributed by atoms with E-state index in [9.17, 15) is 5.11 Å². The van der Waals surface area contributed by atoms with Crippen LogP contribution in [0.3, 0.4) is 0 Å². The quantitative estimate of drug-likeness (QED) is 0.782. The fourth-order valence-corrected chi connectivity index (χ4v) is 2.60. The fourth-order valence-electron chi connectivity index (χ4n) is 1.86.